The summed E-state index contributed by atoms with van der Waals surface area (Å²) in [5.41, 5.74) is 2.18. The molecular weight excluding hydrogens is 262 g/mol. The van der Waals surface area contributed by atoms with E-state index in [1.807, 2.05) is 19.1 Å². The Morgan fingerprint density at radius 3 is 2.67 bits per heavy atom. The number of aryl methyl sites for hydroxylation is 1. The van der Waals surface area contributed by atoms with E-state index in [-0.39, 0.29) is 6.09 Å². The molecule has 21 heavy (non-hydrogen) atoms. The number of amides is 1. The third kappa shape index (κ3) is 4.76. The molecule has 0 aromatic heterocycles. The lowest BCUT2D eigenvalue weighted by molar-refractivity contribution is 0.196. The van der Waals surface area contributed by atoms with Crippen LogP contribution in [0.3, 0.4) is 0 Å². The highest BCUT2D eigenvalue weighted by molar-refractivity contribution is 5.70. The summed E-state index contributed by atoms with van der Waals surface area (Å²) < 4.78 is 5.48. The van der Waals surface area contributed by atoms with Gasteiger partial charge in [0.2, 0.25) is 0 Å². The summed E-state index contributed by atoms with van der Waals surface area (Å²) in [5, 5.41) is 2.92. The summed E-state index contributed by atoms with van der Waals surface area (Å²) in [6.07, 6.45) is 6.03. The molecule has 1 saturated carbocycles. The molecular formula is C18H27NO2. The van der Waals surface area contributed by atoms with E-state index in [9.17, 15) is 4.79 Å². The second-order valence-electron chi connectivity index (χ2n) is 6.45. The number of hydrogen-bond acceptors (Lipinski definition) is 2. The zero-order valence-electron chi connectivity index (χ0n) is 13.4. The Morgan fingerprint density at radius 2 is 2.00 bits per heavy atom. The van der Waals surface area contributed by atoms with Crippen LogP contribution in [0.4, 0.5) is 4.79 Å². The van der Waals surface area contributed by atoms with Crippen LogP contribution in [0.1, 0.15) is 63.0 Å². The molecule has 1 amide bonds. The maximum atomic E-state index is 12.0. The van der Waals surface area contributed by atoms with Gasteiger partial charge in [-0.3, -0.25) is 0 Å². The summed E-state index contributed by atoms with van der Waals surface area (Å²) >= 11 is 0. The molecule has 0 unspecified atom stereocenters. The fraction of sp³-hybridized carbons (Fsp3) is 0.611. The number of carbonyl (C=O) groups is 1. The Kier molecular flexibility index (Phi) is 5.66. The van der Waals surface area contributed by atoms with Crippen molar-refractivity contribution >= 4 is 6.09 Å². The number of rotatable bonds is 4. The molecule has 3 nitrogen and oxygen atoms in total. The zero-order valence-corrected chi connectivity index (χ0v) is 13.4. The second kappa shape index (κ2) is 7.48. The van der Waals surface area contributed by atoms with E-state index in [0.29, 0.717) is 17.6 Å². The van der Waals surface area contributed by atoms with Gasteiger partial charge in [-0.1, -0.05) is 45.2 Å². The van der Waals surface area contributed by atoms with E-state index >= 15 is 0 Å². The predicted octanol–water partition coefficient (Wildman–Crippen LogP) is 4.79. The molecule has 1 aromatic rings. The van der Waals surface area contributed by atoms with Crippen LogP contribution in [0.2, 0.25) is 0 Å². The van der Waals surface area contributed by atoms with E-state index in [1.165, 1.54) is 37.7 Å². The minimum Gasteiger partial charge on any atom is -0.410 e. The fourth-order valence-electron chi connectivity index (χ4n) is 2.84. The molecule has 0 bridgehead atoms. The smallest absolute Gasteiger partial charge is 0.410 e. The van der Waals surface area contributed by atoms with Gasteiger partial charge in [-0.05, 0) is 48.8 Å². The van der Waals surface area contributed by atoms with Crippen LogP contribution >= 0.6 is 0 Å². The van der Waals surface area contributed by atoms with Crippen molar-refractivity contribution in [2.75, 3.05) is 6.54 Å². The van der Waals surface area contributed by atoms with Crippen LogP contribution in [0.25, 0.3) is 0 Å². The average molecular weight is 289 g/mol. The van der Waals surface area contributed by atoms with Crippen LogP contribution in [0.5, 0.6) is 5.75 Å². The largest absolute Gasteiger partial charge is 0.412 e. The first kappa shape index (κ1) is 15.9. The van der Waals surface area contributed by atoms with Gasteiger partial charge in [0, 0.05) is 6.54 Å². The van der Waals surface area contributed by atoms with E-state index < -0.39 is 0 Å². The SMILES string of the molecule is Cc1ccc(C(C)C)cc1OC(=O)NCC1CCCCC1. The van der Waals surface area contributed by atoms with E-state index in [1.54, 1.807) is 0 Å². The van der Waals surface area contributed by atoms with Gasteiger partial charge in [-0.15, -0.1) is 0 Å². The first-order valence-electron chi connectivity index (χ1n) is 8.12. The normalized spacial score (nSPS) is 16.0. The Hall–Kier alpha value is -1.51. The van der Waals surface area contributed by atoms with Gasteiger partial charge in [0.05, 0.1) is 0 Å². The van der Waals surface area contributed by atoms with Crippen molar-refractivity contribution in [2.45, 2.75) is 58.8 Å². The van der Waals surface area contributed by atoms with E-state index in [2.05, 4.69) is 25.2 Å². The summed E-state index contributed by atoms with van der Waals surface area (Å²) in [5.74, 6) is 1.72. The molecule has 1 fully saturated rings. The van der Waals surface area contributed by atoms with Gasteiger partial charge in [0.15, 0.2) is 0 Å². The minimum atomic E-state index is -0.329. The summed E-state index contributed by atoms with van der Waals surface area (Å²) in [7, 11) is 0. The second-order valence-corrected chi connectivity index (χ2v) is 6.45. The van der Waals surface area contributed by atoms with Crippen molar-refractivity contribution in [1.29, 1.82) is 0 Å². The summed E-state index contributed by atoms with van der Waals surface area (Å²) in [6, 6.07) is 6.08. The van der Waals surface area contributed by atoms with E-state index in [4.69, 9.17) is 4.74 Å². The first-order valence-corrected chi connectivity index (χ1v) is 8.12. The molecule has 0 heterocycles. The van der Waals surface area contributed by atoms with Crippen molar-refractivity contribution in [3.8, 4) is 5.75 Å². The summed E-state index contributed by atoms with van der Waals surface area (Å²) in [6.45, 7) is 6.98. The molecule has 1 aliphatic carbocycles. The molecule has 1 aliphatic rings. The molecule has 0 radical (unpaired) electrons. The van der Waals surface area contributed by atoms with Crippen molar-refractivity contribution < 1.29 is 9.53 Å². The zero-order chi connectivity index (χ0) is 15.2. The van der Waals surface area contributed by atoms with Crippen molar-refractivity contribution in [3.63, 3.8) is 0 Å². The maximum absolute atomic E-state index is 12.0. The van der Waals surface area contributed by atoms with Crippen molar-refractivity contribution in [3.05, 3.63) is 29.3 Å². The van der Waals surface area contributed by atoms with Gasteiger partial charge in [0.25, 0.3) is 0 Å². The first-order chi connectivity index (χ1) is 10.1. The fourth-order valence-corrected chi connectivity index (χ4v) is 2.84. The van der Waals surface area contributed by atoms with Crippen LogP contribution < -0.4 is 10.1 Å². The quantitative estimate of drug-likeness (QED) is 0.865. The van der Waals surface area contributed by atoms with Gasteiger partial charge >= 0.3 is 6.09 Å². The Labute approximate surface area is 128 Å². The lowest BCUT2D eigenvalue weighted by Gasteiger charge is -2.21. The standard InChI is InChI=1S/C18H27NO2/c1-13(2)16-10-9-14(3)17(11-16)21-18(20)19-12-15-7-5-4-6-8-15/h9-11,13,15H,4-8,12H2,1-3H3,(H,19,20). The van der Waals surface area contributed by atoms with Gasteiger partial charge in [-0.2, -0.15) is 0 Å². The highest BCUT2D eigenvalue weighted by Crippen LogP contribution is 2.25. The molecule has 0 saturated heterocycles. The number of hydrogen-bond donors (Lipinski definition) is 1. The molecule has 0 spiro atoms. The number of nitrogens with one attached hydrogen (secondary N) is 1. The molecule has 116 valence electrons. The van der Waals surface area contributed by atoms with Crippen LogP contribution in [0, 0.1) is 12.8 Å². The van der Waals surface area contributed by atoms with Gasteiger partial charge < -0.3 is 10.1 Å². The van der Waals surface area contributed by atoms with Gasteiger partial charge in [-0.25, -0.2) is 4.79 Å². The molecule has 0 atom stereocenters. The van der Waals surface area contributed by atoms with E-state index in [0.717, 1.165) is 12.1 Å². The van der Waals surface area contributed by atoms with Crippen LogP contribution in [0.15, 0.2) is 18.2 Å². The lowest BCUT2D eigenvalue weighted by atomic mass is 9.89. The van der Waals surface area contributed by atoms with Crippen molar-refractivity contribution in [1.82, 2.24) is 5.32 Å². The lowest BCUT2D eigenvalue weighted by Crippen LogP contribution is -2.32. The number of ether oxygens (including phenoxy) is 1. The third-order valence-corrected chi connectivity index (χ3v) is 4.34. The van der Waals surface area contributed by atoms with Crippen LogP contribution in [-0.4, -0.2) is 12.6 Å². The topological polar surface area (TPSA) is 38.3 Å². The highest BCUT2D eigenvalue weighted by atomic mass is 16.6. The monoisotopic (exact) mass is 289 g/mol. The molecule has 3 heteroatoms. The van der Waals surface area contributed by atoms with Gasteiger partial charge in [0.1, 0.15) is 5.75 Å². The molecule has 2 rings (SSSR count). The number of benzene rings is 1. The van der Waals surface area contributed by atoms with Crippen LogP contribution in [-0.2, 0) is 0 Å². The minimum absolute atomic E-state index is 0.329. The Morgan fingerprint density at radius 1 is 1.29 bits per heavy atom. The summed E-state index contributed by atoms with van der Waals surface area (Å²) in [4.78, 5) is 12.0. The number of carbonyl (C=O) groups excluding carboxylic acids is 1. The predicted molar refractivity (Wildman–Crippen MR) is 85.9 cm³/mol. The maximum Gasteiger partial charge on any atom is 0.412 e. The molecule has 0 aliphatic heterocycles. The Balaban J connectivity index is 1.88. The Bertz CT molecular complexity index is 476. The average Bonchev–Trinajstić information content (AvgIpc) is 2.48. The molecule has 1 aromatic carbocycles. The third-order valence-electron chi connectivity index (χ3n) is 4.34. The highest BCUT2D eigenvalue weighted by Gasteiger charge is 2.15. The molecule has 1 N–H and O–H groups in total. The van der Waals surface area contributed by atoms with Crippen molar-refractivity contribution in [2.24, 2.45) is 5.92 Å².